The number of carbonyl (C=O) groups is 1. The summed E-state index contributed by atoms with van der Waals surface area (Å²) in [6.45, 7) is 5.22. The fourth-order valence-corrected chi connectivity index (χ4v) is 3.32. The lowest BCUT2D eigenvalue weighted by Crippen LogP contribution is -2.46. The Bertz CT molecular complexity index is 559. The number of phenolic OH excluding ortho intramolecular Hbond substituents is 1. The first-order valence-corrected chi connectivity index (χ1v) is 7.20. The second-order valence-corrected chi connectivity index (χ2v) is 7.07. The van der Waals surface area contributed by atoms with Crippen LogP contribution in [0.25, 0.3) is 0 Å². The van der Waals surface area contributed by atoms with Crippen LogP contribution in [0, 0.1) is 10.1 Å². The van der Waals surface area contributed by atoms with E-state index >= 15 is 0 Å². The number of phenols is 1. The molecule has 6 nitrogen and oxygen atoms in total. The molecule has 0 atom stereocenters. The van der Waals surface area contributed by atoms with Crippen molar-refractivity contribution in [2.45, 2.75) is 18.6 Å². The number of amides is 1. The molecule has 1 aromatic rings. The summed E-state index contributed by atoms with van der Waals surface area (Å²) in [5, 5.41) is 20.7. The molecule has 1 aliphatic rings. The van der Waals surface area contributed by atoms with E-state index in [2.05, 4.69) is 0 Å². The minimum atomic E-state index is -0.692. The minimum Gasteiger partial charge on any atom is -0.502 e. The zero-order valence-electron chi connectivity index (χ0n) is 11.3. The molecule has 1 N–H and O–H groups in total. The van der Waals surface area contributed by atoms with Crippen molar-refractivity contribution in [2.75, 3.05) is 18.8 Å². The highest BCUT2D eigenvalue weighted by atomic mass is 32.2. The number of aromatic hydroxyl groups is 1. The maximum Gasteiger partial charge on any atom is 0.311 e. The summed E-state index contributed by atoms with van der Waals surface area (Å²) in [7, 11) is 0. The zero-order chi connectivity index (χ0) is 14.9. The molecule has 0 bridgehead atoms. The molecule has 1 amide bonds. The van der Waals surface area contributed by atoms with Gasteiger partial charge in [-0.25, -0.2) is 0 Å². The van der Waals surface area contributed by atoms with E-state index in [4.69, 9.17) is 0 Å². The van der Waals surface area contributed by atoms with Crippen LogP contribution in [-0.2, 0) is 0 Å². The molecule has 2 rings (SSSR count). The number of benzene rings is 1. The first kappa shape index (κ1) is 14.6. The molecule has 1 aliphatic heterocycles. The predicted molar refractivity (Wildman–Crippen MR) is 77.2 cm³/mol. The van der Waals surface area contributed by atoms with Gasteiger partial charge in [0.1, 0.15) is 0 Å². The molecule has 0 radical (unpaired) electrons. The van der Waals surface area contributed by atoms with Crippen LogP contribution in [0.15, 0.2) is 18.2 Å². The quantitative estimate of drug-likeness (QED) is 0.668. The van der Waals surface area contributed by atoms with Crippen LogP contribution in [0.5, 0.6) is 5.75 Å². The van der Waals surface area contributed by atoms with Crippen molar-refractivity contribution in [3.63, 3.8) is 0 Å². The van der Waals surface area contributed by atoms with Gasteiger partial charge in [0.05, 0.1) is 10.5 Å². The molecule has 0 unspecified atom stereocenters. The monoisotopic (exact) mass is 296 g/mol. The largest absolute Gasteiger partial charge is 0.502 e. The molecule has 108 valence electrons. The Kier molecular flexibility index (Phi) is 3.89. The number of nitrogens with zero attached hydrogens (tertiary/aromatic N) is 2. The number of thioether (sulfide) groups is 1. The van der Waals surface area contributed by atoms with Gasteiger partial charge in [-0.05, 0) is 19.9 Å². The summed E-state index contributed by atoms with van der Waals surface area (Å²) in [5.41, 5.74) is -0.455. The van der Waals surface area contributed by atoms with E-state index in [1.165, 1.54) is 18.2 Å². The second-order valence-electron chi connectivity index (χ2n) is 5.27. The van der Waals surface area contributed by atoms with Crippen LogP contribution >= 0.6 is 11.8 Å². The standard InChI is InChI=1S/C13H16N2O4S/c1-13(2)8-14(6-7-20-13)12(17)9-4-3-5-10(11(9)16)15(18)19/h3-5,16H,6-8H2,1-2H3. The Morgan fingerprint density at radius 1 is 1.50 bits per heavy atom. The van der Waals surface area contributed by atoms with E-state index in [0.717, 1.165) is 5.75 Å². The lowest BCUT2D eigenvalue weighted by Gasteiger charge is -2.37. The van der Waals surface area contributed by atoms with E-state index in [9.17, 15) is 20.0 Å². The van der Waals surface area contributed by atoms with Crippen molar-refractivity contribution in [3.05, 3.63) is 33.9 Å². The number of para-hydroxylation sites is 1. The fraction of sp³-hybridized carbons (Fsp3) is 0.462. The highest BCUT2D eigenvalue weighted by Gasteiger charge is 2.32. The molecular formula is C13H16N2O4S. The maximum atomic E-state index is 12.4. The number of nitro groups is 1. The van der Waals surface area contributed by atoms with E-state index < -0.39 is 16.4 Å². The van der Waals surface area contributed by atoms with Crippen molar-refractivity contribution in [1.29, 1.82) is 0 Å². The van der Waals surface area contributed by atoms with Gasteiger partial charge >= 0.3 is 5.69 Å². The van der Waals surface area contributed by atoms with Gasteiger partial charge in [-0.1, -0.05) is 6.07 Å². The second kappa shape index (κ2) is 5.32. The molecule has 1 fully saturated rings. The molecule has 0 spiro atoms. The third-order valence-electron chi connectivity index (χ3n) is 3.15. The molecule has 7 heteroatoms. The lowest BCUT2D eigenvalue weighted by molar-refractivity contribution is -0.385. The average molecular weight is 296 g/mol. The third-order valence-corrected chi connectivity index (χ3v) is 4.45. The lowest BCUT2D eigenvalue weighted by atomic mass is 10.1. The molecule has 0 aromatic heterocycles. The molecule has 1 saturated heterocycles. The van der Waals surface area contributed by atoms with Gasteiger partial charge in [-0.15, -0.1) is 0 Å². The number of hydrogen-bond donors (Lipinski definition) is 1. The summed E-state index contributed by atoms with van der Waals surface area (Å²) in [6.07, 6.45) is 0. The van der Waals surface area contributed by atoms with Gasteiger partial charge in [0.15, 0.2) is 0 Å². The van der Waals surface area contributed by atoms with E-state index in [1.54, 1.807) is 16.7 Å². The van der Waals surface area contributed by atoms with Crippen molar-refractivity contribution in [1.82, 2.24) is 4.90 Å². The topological polar surface area (TPSA) is 83.7 Å². The van der Waals surface area contributed by atoms with Gasteiger partial charge in [0.2, 0.25) is 5.75 Å². The Labute approximate surface area is 120 Å². The molecule has 20 heavy (non-hydrogen) atoms. The fourth-order valence-electron chi connectivity index (χ4n) is 2.21. The van der Waals surface area contributed by atoms with Gasteiger partial charge in [0.25, 0.3) is 5.91 Å². The smallest absolute Gasteiger partial charge is 0.311 e. The summed E-state index contributed by atoms with van der Waals surface area (Å²) < 4.78 is -0.0513. The van der Waals surface area contributed by atoms with E-state index in [0.29, 0.717) is 13.1 Å². The van der Waals surface area contributed by atoms with Crippen LogP contribution in [0.3, 0.4) is 0 Å². The summed E-state index contributed by atoms with van der Waals surface area (Å²) >= 11 is 1.78. The first-order valence-electron chi connectivity index (χ1n) is 6.21. The molecule has 0 saturated carbocycles. The van der Waals surface area contributed by atoms with Crippen LogP contribution < -0.4 is 0 Å². The molecule has 0 aliphatic carbocycles. The van der Waals surface area contributed by atoms with Crippen molar-refractivity contribution < 1.29 is 14.8 Å². The Balaban J connectivity index is 2.30. The van der Waals surface area contributed by atoms with Crippen molar-refractivity contribution in [3.8, 4) is 5.75 Å². The van der Waals surface area contributed by atoms with Gasteiger partial charge in [-0.2, -0.15) is 11.8 Å². The highest BCUT2D eigenvalue weighted by molar-refractivity contribution is 8.00. The average Bonchev–Trinajstić information content (AvgIpc) is 2.36. The third kappa shape index (κ3) is 2.87. The SMILES string of the molecule is CC1(C)CN(C(=O)c2cccc([N+](=O)[O-])c2O)CCS1. The maximum absolute atomic E-state index is 12.4. The van der Waals surface area contributed by atoms with E-state index in [1.807, 2.05) is 13.8 Å². The highest BCUT2D eigenvalue weighted by Crippen LogP contribution is 2.33. The van der Waals surface area contributed by atoms with Gasteiger partial charge < -0.3 is 10.0 Å². The number of nitro benzene ring substituents is 1. The summed E-state index contributed by atoms with van der Waals surface area (Å²) in [4.78, 5) is 24.2. The predicted octanol–water partition coefficient (Wildman–Crippen LogP) is 2.27. The Hall–Kier alpha value is -1.76. The molecule has 1 heterocycles. The summed E-state index contributed by atoms with van der Waals surface area (Å²) in [5.74, 6) is -0.105. The normalized spacial score (nSPS) is 17.8. The van der Waals surface area contributed by atoms with Crippen molar-refractivity contribution in [2.24, 2.45) is 0 Å². The van der Waals surface area contributed by atoms with Gasteiger partial charge in [0, 0.05) is 29.7 Å². The number of carbonyl (C=O) groups excluding carboxylic acids is 1. The molecule has 1 aromatic carbocycles. The van der Waals surface area contributed by atoms with Crippen molar-refractivity contribution >= 4 is 23.4 Å². The Morgan fingerprint density at radius 2 is 2.20 bits per heavy atom. The van der Waals surface area contributed by atoms with E-state index in [-0.39, 0.29) is 16.2 Å². The zero-order valence-corrected chi connectivity index (χ0v) is 12.1. The Morgan fingerprint density at radius 3 is 2.80 bits per heavy atom. The van der Waals surface area contributed by atoms with Gasteiger partial charge in [-0.3, -0.25) is 14.9 Å². The summed E-state index contributed by atoms with van der Waals surface area (Å²) in [6, 6.07) is 4.01. The van der Waals surface area contributed by atoms with Crippen LogP contribution in [0.2, 0.25) is 0 Å². The number of rotatable bonds is 2. The van der Waals surface area contributed by atoms with Crippen LogP contribution in [0.1, 0.15) is 24.2 Å². The molecular weight excluding hydrogens is 280 g/mol. The van der Waals surface area contributed by atoms with Crippen LogP contribution in [-0.4, -0.2) is 44.4 Å². The van der Waals surface area contributed by atoms with Crippen LogP contribution in [0.4, 0.5) is 5.69 Å². The minimum absolute atomic E-state index is 0.0121. The first-order chi connectivity index (χ1) is 9.32. The number of hydrogen-bond acceptors (Lipinski definition) is 5.